The van der Waals surface area contributed by atoms with Crippen LogP contribution in [0.2, 0.25) is 0 Å². The number of carbonyl (C=O) groups is 2. The van der Waals surface area contributed by atoms with Gasteiger partial charge in [-0.15, -0.1) is 0 Å². The van der Waals surface area contributed by atoms with Crippen molar-refractivity contribution in [1.82, 2.24) is 5.32 Å². The molecule has 1 amide bonds. The highest BCUT2D eigenvalue weighted by Gasteiger charge is 2.38. The number of amides is 1. The van der Waals surface area contributed by atoms with Crippen molar-refractivity contribution in [1.29, 1.82) is 0 Å². The molecule has 1 aromatic carbocycles. The summed E-state index contributed by atoms with van der Waals surface area (Å²) in [4.78, 5) is 23.6. The minimum absolute atomic E-state index is 0.00989. The van der Waals surface area contributed by atoms with Crippen LogP contribution in [-0.2, 0) is 9.53 Å². The average molecular weight is 317 g/mol. The zero-order valence-corrected chi connectivity index (χ0v) is 13.3. The van der Waals surface area contributed by atoms with Crippen LogP contribution in [0.3, 0.4) is 0 Å². The van der Waals surface area contributed by atoms with E-state index in [0.29, 0.717) is 18.1 Å². The molecule has 1 aromatic rings. The molecule has 2 N–H and O–H groups in total. The molecule has 2 fully saturated rings. The van der Waals surface area contributed by atoms with Crippen molar-refractivity contribution in [2.75, 3.05) is 6.61 Å². The van der Waals surface area contributed by atoms with Gasteiger partial charge in [0, 0.05) is 12.6 Å². The maximum atomic E-state index is 12.3. The molecule has 1 aliphatic heterocycles. The molecule has 0 spiro atoms. The predicted molar refractivity (Wildman–Crippen MR) is 85.4 cm³/mol. The van der Waals surface area contributed by atoms with E-state index in [-0.39, 0.29) is 24.0 Å². The van der Waals surface area contributed by atoms with Crippen LogP contribution in [0, 0.1) is 5.92 Å². The standard InChI is InChI=1S/C18H23NO4/c1-2-11-7-8-23-16(11)17(20)19-13-9-12(10-13)14-5-3-4-6-15(14)18(21)22/h3-6,11-13,16H,2,7-10H2,1H3,(H,19,20)(H,21,22)/t11-,12?,13?,16+/m1/s1. The van der Waals surface area contributed by atoms with Crippen molar-refractivity contribution in [2.45, 2.75) is 50.7 Å². The molecular weight excluding hydrogens is 294 g/mol. The van der Waals surface area contributed by atoms with Crippen molar-refractivity contribution in [3.05, 3.63) is 35.4 Å². The van der Waals surface area contributed by atoms with E-state index >= 15 is 0 Å². The summed E-state index contributed by atoms with van der Waals surface area (Å²) in [6.07, 6.45) is 3.18. The minimum Gasteiger partial charge on any atom is -0.478 e. The summed E-state index contributed by atoms with van der Waals surface area (Å²) in [7, 11) is 0. The van der Waals surface area contributed by atoms with E-state index < -0.39 is 5.97 Å². The Morgan fingerprint density at radius 1 is 1.30 bits per heavy atom. The summed E-state index contributed by atoms with van der Waals surface area (Å²) >= 11 is 0. The lowest BCUT2D eigenvalue weighted by Crippen LogP contribution is -2.48. The fraction of sp³-hybridized carbons (Fsp3) is 0.556. The molecule has 0 unspecified atom stereocenters. The topological polar surface area (TPSA) is 75.6 Å². The molecule has 5 heteroatoms. The van der Waals surface area contributed by atoms with Gasteiger partial charge in [-0.2, -0.15) is 0 Å². The number of benzene rings is 1. The molecule has 23 heavy (non-hydrogen) atoms. The van der Waals surface area contributed by atoms with Gasteiger partial charge in [-0.25, -0.2) is 4.79 Å². The van der Waals surface area contributed by atoms with Crippen LogP contribution in [0.5, 0.6) is 0 Å². The van der Waals surface area contributed by atoms with Gasteiger partial charge < -0.3 is 15.2 Å². The Bertz CT molecular complexity index is 594. The maximum Gasteiger partial charge on any atom is 0.335 e. The third-order valence-corrected chi connectivity index (χ3v) is 5.11. The fourth-order valence-electron chi connectivity index (χ4n) is 3.66. The summed E-state index contributed by atoms with van der Waals surface area (Å²) < 4.78 is 5.56. The monoisotopic (exact) mass is 317 g/mol. The Morgan fingerprint density at radius 3 is 2.74 bits per heavy atom. The quantitative estimate of drug-likeness (QED) is 0.875. The first kappa shape index (κ1) is 16.0. The van der Waals surface area contributed by atoms with E-state index in [1.54, 1.807) is 12.1 Å². The highest BCUT2D eigenvalue weighted by molar-refractivity contribution is 5.89. The molecule has 0 bridgehead atoms. The highest BCUT2D eigenvalue weighted by Crippen LogP contribution is 2.38. The molecular formula is C18H23NO4. The molecule has 2 aliphatic rings. The predicted octanol–water partition coefficient (Wildman–Crippen LogP) is 2.56. The smallest absolute Gasteiger partial charge is 0.335 e. The highest BCUT2D eigenvalue weighted by atomic mass is 16.5. The molecule has 0 radical (unpaired) electrons. The number of carboxylic acids is 1. The number of nitrogens with one attached hydrogen (secondary N) is 1. The SMILES string of the molecule is CC[C@@H]1CCO[C@@H]1C(=O)NC1CC(c2ccccc2C(=O)O)C1. The summed E-state index contributed by atoms with van der Waals surface area (Å²) in [5.74, 6) is -0.375. The van der Waals surface area contributed by atoms with Crippen LogP contribution in [0.1, 0.15) is 54.4 Å². The number of carbonyl (C=O) groups excluding carboxylic acids is 1. The number of ether oxygens (including phenoxy) is 1. The normalized spacial score (nSPS) is 29.8. The molecule has 3 rings (SSSR count). The van der Waals surface area contributed by atoms with Crippen molar-refractivity contribution in [3.63, 3.8) is 0 Å². The zero-order valence-electron chi connectivity index (χ0n) is 13.3. The largest absolute Gasteiger partial charge is 0.478 e. The van der Waals surface area contributed by atoms with Crippen LogP contribution in [0.25, 0.3) is 0 Å². The van der Waals surface area contributed by atoms with Gasteiger partial charge >= 0.3 is 5.97 Å². The zero-order chi connectivity index (χ0) is 16.4. The minimum atomic E-state index is -0.891. The van der Waals surface area contributed by atoms with Gasteiger partial charge in [0.25, 0.3) is 0 Å². The molecule has 1 saturated heterocycles. The summed E-state index contributed by atoms with van der Waals surface area (Å²) in [5, 5.41) is 12.3. The van der Waals surface area contributed by atoms with Crippen molar-refractivity contribution >= 4 is 11.9 Å². The number of hydrogen-bond acceptors (Lipinski definition) is 3. The molecule has 1 saturated carbocycles. The van der Waals surface area contributed by atoms with Gasteiger partial charge in [-0.1, -0.05) is 31.5 Å². The second kappa shape index (κ2) is 6.71. The third-order valence-electron chi connectivity index (χ3n) is 5.11. The van der Waals surface area contributed by atoms with Crippen LogP contribution in [0.4, 0.5) is 0 Å². The van der Waals surface area contributed by atoms with E-state index in [4.69, 9.17) is 4.74 Å². The first-order valence-electron chi connectivity index (χ1n) is 8.34. The lowest BCUT2D eigenvalue weighted by atomic mass is 9.74. The fourth-order valence-corrected chi connectivity index (χ4v) is 3.66. The van der Waals surface area contributed by atoms with E-state index in [9.17, 15) is 14.7 Å². The molecule has 5 nitrogen and oxygen atoms in total. The molecule has 1 aliphatic carbocycles. The second-order valence-electron chi connectivity index (χ2n) is 6.51. The summed E-state index contributed by atoms with van der Waals surface area (Å²) in [5.41, 5.74) is 1.24. The van der Waals surface area contributed by atoms with Crippen LogP contribution in [-0.4, -0.2) is 35.7 Å². The average Bonchev–Trinajstić information content (AvgIpc) is 2.99. The van der Waals surface area contributed by atoms with Gasteiger partial charge in [-0.05, 0) is 42.7 Å². The van der Waals surface area contributed by atoms with E-state index in [1.807, 2.05) is 12.1 Å². The van der Waals surface area contributed by atoms with Gasteiger partial charge in [0.1, 0.15) is 6.10 Å². The number of hydrogen-bond donors (Lipinski definition) is 2. The first-order valence-corrected chi connectivity index (χ1v) is 8.34. The third kappa shape index (κ3) is 3.24. The number of rotatable bonds is 5. The van der Waals surface area contributed by atoms with E-state index in [0.717, 1.165) is 31.2 Å². The van der Waals surface area contributed by atoms with E-state index in [2.05, 4.69) is 12.2 Å². The Hall–Kier alpha value is -1.88. The van der Waals surface area contributed by atoms with Gasteiger partial charge in [0.05, 0.1) is 5.56 Å². The molecule has 1 heterocycles. The van der Waals surface area contributed by atoms with Gasteiger partial charge in [-0.3, -0.25) is 4.79 Å². The summed E-state index contributed by atoms with van der Waals surface area (Å²) in [6.45, 7) is 2.75. The molecule has 2 atom stereocenters. The van der Waals surface area contributed by atoms with Gasteiger partial charge in [0.2, 0.25) is 5.91 Å². The van der Waals surface area contributed by atoms with Crippen LogP contribution in [0.15, 0.2) is 24.3 Å². The Kier molecular flexibility index (Phi) is 4.66. The Labute approximate surface area is 136 Å². The maximum absolute atomic E-state index is 12.3. The molecule has 0 aromatic heterocycles. The molecule has 124 valence electrons. The second-order valence-corrected chi connectivity index (χ2v) is 6.51. The first-order chi connectivity index (χ1) is 11.1. The number of aromatic carboxylic acids is 1. The lowest BCUT2D eigenvalue weighted by Gasteiger charge is -2.37. The van der Waals surface area contributed by atoms with Crippen LogP contribution >= 0.6 is 0 Å². The number of carboxylic acid groups (broad SMARTS) is 1. The van der Waals surface area contributed by atoms with Crippen molar-refractivity contribution in [3.8, 4) is 0 Å². The summed E-state index contributed by atoms with van der Waals surface area (Å²) in [6, 6.07) is 7.25. The Balaban J connectivity index is 1.56. The van der Waals surface area contributed by atoms with Gasteiger partial charge in [0.15, 0.2) is 0 Å². The Morgan fingerprint density at radius 2 is 2.04 bits per heavy atom. The lowest BCUT2D eigenvalue weighted by molar-refractivity contribution is -0.133. The van der Waals surface area contributed by atoms with Crippen LogP contribution < -0.4 is 5.32 Å². The van der Waals surface area contributed by atoms with Crippen molar-refractivity contribution < 1.29 is 19.4 Å². The van der Waals surface area contributed by atoms with E-state index in [1.165, 1.54) is 0 Å². The van der Waals surface area contributed by atoms with Crippen molar-refractivity contribution in [2.24, 2.45) is 5.92 Å².